The molecule has 0 fully saturated rings. The first kappa shape index (κ1) is 11.5. The van der Waals surface area contributed by atoms with E-state index in [2.05, 4.69) is 10.2 Å². The topological polar surface area (TPSA) is 76.8 Å². The van der Waals surface area contributed by atoms with Crippen LogP contribution in [0, 0.1) is 21.8 Å². The van der Waals surface area contributed by atoms with E-state index in [1.165, 1.54) is 6.07 Å². The second-order valence-corrected chi connectivity index (χ2v) is 4.06. The molecule has 1 aromatic carbocycles. The smallest absolute Gasteiger partial charge is 0.273 e. The van der Waals surface area contributed by atoms with Gasteiger partial charge in [0.1, 0.15) is 0 Å². The molecule has 0 unspecified atom stereocenters. The van der Waals surface area contributed by atoms with Crippen molar-refractivity contribution >= 4 is 17.9 Å². The molecule has 88 valence electrons. The van der Waals surface area contributed by atoms with E-state index in [0.29, 0.717) is 21.7 Å². The maximum absolute atomic E-state index is 10.8. The maximum atomic E-state index is 10.8. The van der Waals surface area contributed by atoms with Crippen LogP contribution in [0.25, 0.3) is 11.4 Å². The molecule has 2 aromatic rings. The maximum Gasteiger partial charge on any atom is 0.273 e. The third-order valence-electron chi connectivity index (χ3n) is 2.54. The van der Waals surface area contributed by atoms with Gasteiger partial charge in [0, 0.05) is 24.2 Å². The normalized spacial score (nSPS) is 10.5. The fraction of sp³-hybridized carbons (Fsp3) is 0.200. The Morgan fingerprint density at radius 2 is 2.24 bits per heavy atom. The number of nitro benzene ring substituents is 1. The molecular formula is C10H10N4O2S. The second kappa shape index (κ2) is 4.10. The summed E-state index contributed by atoms with van der Waals surface area (Å²) in [5, 5.41) is 17.5. The lowest BCUT2D eigenvalue weighted by Crippen LogP contribution is -1.96. The first-order chi connectivity index (χ1) is 8.00. The average Bonchev–Trinajstić information content (AvgIpc) is 2.60. The first-order valence-electron chi connectivity index (χ1n) is 4.87. The van der Waals surface area contributed by atoms with Crippen molar-refractivity contribution in [3.8, 4) is 11.4 Å². The molecule has 0 atom stereocenters. The standard InChI is InChI=1S/C10H10N4O2S/c1-6-3-4-7(5-8(6)14(15)16)9-11-12-10(17)13(9)2/h3-5H,1-2H3,(H,12,17). The number of nitrogens with one attached hydrogen (secondary N) is 1. The highest BCUT2D eigenvalue weighted by Crippen LogP contribution is 2.25. The van der Waals surface area contributed by atoms with Gasteiger partial charge in [-0.3, -0.25) is 15.2 Å². The van der Waals surface area contributed by atoms with Crippen LogP contribution < -0.4 is 0 Å². The Balaban J connectivity index is 2.61. The van der Waals surface area contributed by atoms with Gasteiger partial charge in [0.2, 0.25) is 0 Å². The lowest BCUT2D eigenvalue weighted by Gasteiger charge is -2.02. The molecule has 0 spiro atoms. The molecular weight excluding hydrogens is 240 g/mol. The Morgan fingerprint density at radius 3 is 2.76 bits per heavy atom. The van der Waals surface area contributed by atoms with Crippen LogP contribution in [0.4, 0.5) is 5.69 Å². The summed E-state index contributed by atoms with van der Waals surface area (Å²) < 4.78 is 2.15. The number of nitro groups is 1. The molecule has 0 aliphatic rings. The van der Waals surface area contributed by atoms with E-state index >= 15 is 0 Å². The molecule has 0 saturated heterocycles. The number of aromatic nitrogens is 3. The fourth-order valence-electron chi connectivity index (χ4n) is 1.55. The summed E-state index contributed by atoms with van der Waals surface area (Å²) in [4.78, 5) is 10.4. The van der Waals surface area contributed by atoms with Crippen LogP contribution in [0.5, 0.6) is 0 Å². The zero-order valence-electron chi connectivity index (χ0n) is 9.30. The van der Waals surface area contributed by atoms with Gasteiger partial charge in [-0.1, -0.05) is 12.1 Å². The van der Waals surface area contributed by atoms with Crippen LogP contribution in [0.1, 0.15) is 5.56 Å². The zero-order chi connectivity index (χ0) is 12.6. The number of aromatic amines is 1. The van der Waals surface area contributed by atoms with Crippen molar-refractivity contribution in [2.75, 3.05) is 0 Å². The Kier molecular flexibility index (Phi) is 2.76. The van der Waals surface area contributed by atoms with Crippen LogP contribution >= 0.6 is 12.2 Å². The summed E-state index contributed by atoms with van der Waals surface area (Å²) in [6.07, 6.45) is 0. The van der Waals surface area contributed by atoms with Crippen molar-refractivity contribution in [1.82, 2.24) is 14.8 Å². The van der Waals surface area contributed by atoms with Crippen LogP contribution in [-0.4, -0.2) is 19.7 Å². The second-order valence-electron chi connectivity index (χ2n) is 3.67. The van der Waals surface area contributed by atoms with Gasteiger partial charge >= 0.3 is 0 Å². The predicted molar refractivity (Wildman–Crippen MR) is 65.2 cm³/mol. The molecule has 0 saturated carbocycles. The molecule has 2 rings (SSSR count). The van der Waals surface area contributed by atoms with E-state index < -0.39 is 4.92 Å². The van der Waals surface area contributed by atoms with E-state index in [0.717, 1.165) is 0 Å². The Morgan fingerprint density at radius 1 is 1.53 bits per heavy atom. The van der Waals surface area contributed by atoms with E-state index in [1.54, 1.807) is 30.7 Å². The highest BCUT2D eigenvalue weighted by Gasteiger charge is 2.14. The summed E-state index contributed by atoms with van der Waals surface area (Å²) in [6, 6.07) is 4.98. The SMILES string of the molecule is Cc1ccc(-c2n[nH]c(=S)n2C)cc1[N+](=O)[O-]. The van der Waals surface area contributed by atoms with Crippen molar-refractivity contribution in [1.29, 1.82) is 0 Å². The van der Waals surface area contributed by atoms with Gasteiger partial charge in [-0.25, -0.2) is 0 Å². The number of H-pyrrole nitrogens is 1. The van der Waals surface area contributed by atoms with Crippen molar-refractivity contribution < 1.29 is 4.92 Å². The molecule has 0 aliphatic carbocycles. The monoisotopic (exact) mass is 250 g/mol. The number of rotatable bonds is 2. The number of nitrogens with zero attached hydrogens (tertiary/aromatic N) is 3. The van der Waals surface area contributed by atoms with Crippen molar-refractivity contribution in [3.63, 3.8) is 0 Å². The average molecular weight is 250 g/mol. The lowest BCUT2D eigenvalue weighted by molar-refractivity contribution is -0.385. The molecule has 1 heterocycles. The third kappa shape index (κ3) is 1.96. The highest BCUT2D eigenvalue weighted by molar-refractivity contribution is 7.71. The number of hydrogen-bond donors (Lipinski definition) is 1. The summed E-state index contributed by atoms with van der Waals surface area (Å²) in [5.41, 5.74) is 1.36. The minimum Gasteiger partial charge on any atom is -0.303 e. The van der Waals surface area contributed by atoms with E-state index in [-0.39, 0.29) is 5.69 Å². The van der Waals surface area contributed by atoms with Gasteiger partial charge in [0.15, 0.2) is 10.6 Å². The van der Waals surface area contributed by atoms with Crippen LogP contribution in [0.15, 0.2) is 18.2 Å². The molecule has 0 bridgehead atoms. The Labute approximate surface area is 102 Å². The molecule has 7 heteroatoms. The van der Waals surface area contributed by atoms with E-state index in [9.17, 15) is 10.1 Å². The molecule has 0 amide bonds. The van der Waals surface area contributed by atoms with Crippen LogP contribution in [-0.2, 0) is 7.05 Å². The summed E-state index contributed by atoms with van der Waals surface area (Å²) in [5.74, 6) is 0.582. The van der Waals surface area contributed by atoms with Gasteiger partial charge in [-0.2, -0.15) is 5.10 Å². The Hall–Kier alpha value is -2.02. The number of aryl methyl sites for hydroxylation is 1. The van der Waals surface area contributed by atoms with Crippen molar-refractivity contribution in [2.45, 2.75) is 6.92 Å². The molecule has 17 heavy (non-hydrogen) atoms. The van der Waals surface area contributed by atoms with Crippen LogP contribution in [0.3, 0.4) is 0 Å². The van der Waals surface area contributed by atoms with Crippen molar-refractivity contribution in [3.05, 3.63) is 38.6 Å². The molecule has 0 aliphatic heterocycles. The zero-order valence-corrected chi connectivity index (χ0v) is 10.1. The quantitative estimate of drug-likeness (QED) is 0.504. The molecule has 1 aromatic heterocycles. The van der Waals surface area contributed by atoms with Gasteiger partial charge in [-0.05, 0) is 19.1 Å². The number of benzene rings is 1. The lowest BCUT2D eigenvalue weighted by atomic mass is 10.1. The number of hydrogen-bond acceptors (Lipinski definition) is 4. The van der Waals surface area contributed by atoms with Gasteiger partial charge in [-0.15, -0.1) is 0 Å². The first-order valence-corrected chi connectivity index (χ1v) is 5.28. The highest BCUT2D eigenvalue weighted by atomic mass is 32.1. The fourth-order valence-corrected chi connectivity index (χ4v) is 1.68. The van der Waals surface area contributed by atoms with E-state index in [4.69, 9.17) is 12.2 Å². The van der Waals surface area contributed by atoms with Gasteiger partial charge in [0.25, 0.3) is 5.69 Å². The summed E-state index contributed by atoms with van der Waals surface area (Å²) in [6.45, 7) is 1.70. The largest absolute Gasteiger partial charge is 0.303 e. The minimum absolute atomic E-state index is 0.0800. The molecule has 1 N–H and O–H groups in total. The van der Waals surface area contributed by atoms with Gasteiger partial charge < -0.3 is 4.57 Å². The molecule has 0 radical (unpaired) electrons. The third-order valence-corrected chi connectivity index (χ3v) is 2.91. The minimum atomic E-state index is -0.403. The van der Waals surface area contributed by atoms with E-state index in [1.807, 2.05) is 0 Å². The predicted octanol–water partition coefficient (Wildman–Crippen LogP) is 2.36. The summed E-state index contributed by atoms with van der Waals surface area (Å²) in [7, 11) is 1.76. The summed E-state index contributed by atoms with van der Waals surface area (Å²) >= 11 is 5.00. The van der Waals surface area contributed by atoms with Crippen molar-refractivity contribution in [2.24, 2.45) is 7.05 Å². The Bertz CT molecular complexity index is 644. The van der Waals surface area contributed by atoms with Crippen LogP contribution in [0.2, 0.25) is 0 Å². The molecule has 6 nitrogen and oxygen atoms in total. The van der Waals surface area contributed by atoms with Gasteiger partial charge in [0.05, 0.1) is 4.92 Å².